The molecule has 4 N–H and O–H groups in total. The minimum absolute atomic E-state index is 0.0309. The molecule has 0 saturated heterocycles. The number of halogens is 2. The highest BCUT2D eigenvalue weighted by Gasteiger charge is 2.31. The molecule has 3 amide bonds. The van der Waals surface area contributed by atoms with E-state index in [1.165, 1.54) is 25.6 Å². The quantitative estimate of drug-likeness (QED) is 0.536. The van der Waals surface area contributed by atoms with Gasteiger partial charge in [-0.1, -0.05) is 11.6 Å². The van der Waals surface area contributed by atoms with Gasteiger partial charge in [0, 0.05) is 25.6 Å². The van der Waals surface area contributed by atoms with Crippen molar-refractivity contribution in [3.05, 3.63) is 46.8 Å². The number of amides is 3. The second-order valence-electron chi connectivity index (χ2n) is 8.09. The number of nitrogens with two attached hydrogens (primary N) is 1. The molecule has 1 unspecified atom stereocenters. The Balaban J connectivity index is 1.65. The topological polar surface area (TPSA) is 128 Å². The maximum absolute atomic E-state index is 13.2. The molecule has 1 saturated carbocycles. The van der Waals surface area contributed by atoms with E-state index in [4.69, 9.17) is 22.1 Å². The van der Waals surface area contributed by atoms with Crippen molar-refractivity contribution in [1.82, 2.24) is 14.9 Å². The van der Waals surface area contributed by atoms with Crippen molar-refractivity contribution in [1.29, 1.82) is 0 Å². The van der Waals surface area contributed by atoms with Gasteiger partial charge in [-0.2, -0.15) is 0 Å². The van der Waals surface area contributed by atoms with Crippen LogP contribution in [0, 0.1) is 11.7 Å². The average molecular weight is 480 g/mol. The van der Waals surface area contributed by atoms with E-state index in [0.29, 0.717) is 31.4 Å². The van der Waals surface area contributed by atoms with Crippen molar-refractivity contribution in [2.75, 3.05) is 19.0 Å². The second kappa shape index (κ2) is 10.8. The Hall–Kier alpha value is -2.98. The molecular weight excluding hydrogens is 453 g/mol. The molecule has 0 aliphatic heterocycles. The van der Waals surface area contributed by atoms with E-state index in [1.807, 2.05) is 0 Å². The van der Waals surface area contributed by atoms with Crippen molar-refractivity contribution in [2.45, 2.75) is 44.8 Å². The molecule has 33 heavy (non-hydrogen) atoms. The number of nitrogens with one attached hydrogen (secondary N) is 2. The fourth-order valence-electron chi connectivity index (χ4n) is 3.89. The summed E-state index contributed by atoms with van der Waals surface area (Å²) in [4.78, 5) is 41.4. The third-order valence-corrected chi connectivity index (χ3v) is 6.16. The van der Waals surface area contributed by atoms with E-state index in [0.717, 1.165) is 6.07 Å². The summed E-state index contributed by atoms with van der Waals surface area (Å²) in [5.41, 5.74) is 5.93. The molecule has 178 valence electrons. The molecule has 0 spiro atoms. The van der Waals surface area contributed by atoms with Gasteiger partial charge in [0.15, 0.2) is 5.69 Å². The van der Waals surface area contributed by atoms with E-state index in [2.05, 4.69) is 15.6 Å². The van der Waals surface area contributed by atoms with Gasteiger partial charge in [0.2, 0.25) is 5.91 Å². The summed E-state index contributed by atoms with van der Waals surface area (Å²) in [5.74, 6) is -2.19. The second-order valence-corrected chi connectivity index (χ2v) is 8.50. The van der Waals surface area contributed by atoms with E-state index in [-0.39, 0.29) is 46.9 Å². The van der Waals surface area contributed by atoms with Crippen LogP contribution in [0.15, 0.2) is 24.5 Å². The van der Waals surface area contributed by atoms with Gasteiger partial charge < -0.3 is 25.7 Å². The van der Waals surface area contributed by atoms with Crippen molar-refractivity contribution in [3.63, 3.8) is 0 Å². The number of benzene rings is 1. The predicted molar refractivity (Wildman–Crippen MR) is 121 cm³/mol. The van der Waals surface area contributed by atoms with Gasteiger partial charge in [0.25, 0.3) is 11.8 Å². The summed E-state index contributed by atoms with van der Waals surface area (Å²) in [6.45, 7) is 2.06. The van der Waals surface area contributed by atoms with Crippen LogP contribution in [-0.4, -0.2) is 47.0 Å². The molecule has 1 aliphatic carbocycles. The minimum Gasteiger partial charge on any atom is -0.380 e. The number of hydrogen-bond donors (Lipinski definition) is 3. The van der Waals surface area contributed by atoms with Crippen LogP contribution in [0.1, 0.15) is 59.6 Å². The Bertz CT molecular complexity index is 1040. The van der Waals surface area contributed by atoms with Gasteiger partial charge in [-0.05, 0) is 50.8 Å². The lowest BCUT2D eigenvalue weighted by Crippen LogP contribution is -2.34. The zero-order valence-electron chi connectivity index (χ0n) is 18.4. The third-order valence-electron chi connectivity index (χ3n) is 5.84. The number of carbonyl (C=O) groups excluding carboxylic acids is 3. The van der Waals surface area contributed by atoms with E-state index in [1.54, 1.807) is 11.5 Å². The fraction of sp³-hybridized carbons (Fsp3) is 0.455. The van der Waals surface area contributed by atoms with Crippen molar-refractivity contribution < 1.29 is 23.5 Å². The molecule has 11 heteroatoms. The van der Waals surface area contributed by atoms with Gasteiger partial charge in [0.05, 0.1) is 23.1 Å². The summed E-state index contributed by atoms with van der Waals surface area (Å²) in [7, 11) is 1.53. The summed E-state index contributed by atoms with van der Waals surface area (Å²) in [6.07, 6.45) is 3.54. The van der Waals surface area contributed by atoms with Crippen molar-refractivity contribution in [2.24, 2.45) is 11.7 Å². The van der Waals surface area contributed by atoms with Crippen LogP contribution < -0.4 is 16.4 Å². The molecule has 1 heterocycles. The van der Waals surface area contributed by atoms with Gasteiger partial charge in [-0.3, -0.25) is 14.4 Å². The first kappa shape index (κ1) is 24.7. The maximum Gasteiger partial charge on any atom is 0.272 e. The molecule has 1 aromatic heterocycles. The lowest BCUT2D eigenvalue weighted by molar-refractivity contribution is -0.121. The lowest BCUT2D eigenvalue weighted by atomic mass is 9.85. The summed E-state index contributed by atoms with van der Waals surface area (Å²) < 4.78 is 19.9. The first-order chi connectivity index (χ1) is 15.7. The molecular formula is C22H27ClFN5O4. The number of nitrogens with zero attached hydrogens (tertiary/aromatic N) is 2. The number of methoxy groups -OCH3 is 1. The average Bonchev–Trinajstić information content (AvgIpc) is 3.24. The summed E-state index contributed by atoms with van der Waals surface area (Å²) in [6, 6.07) is 3.67. The zero-order valence-corrected chi connectivity index (χ0v) is 19.2. The van der Waals surface area contributed by atoms with E-state index in [9.17, 15) is 18.8 Å². The first-order valence-corrected chi connectivity index (χ1v) is 11.0. The normalized spacial score (nSPS) is 19.0. The molecule has 2 aromatic rings. The maximum atomic E-state index is 13.2. The Kier molecular flexibility index (Phi) is 8.04. The third kappa shape index (κ3) is 5.88. The molecule has 1 fully saturated rings. The highest BCUT2D eigenvalue weighted by Crippen LogP contribution is 2.34. The smallest absolute Gasteiger partial charge is 0.272 e. The van der Waals surface area contributed by atoms with Gasteiger partial charge >= 0.3 is 0 Å². The number of aromatic nitrogens is 2. The van der Waals surface area contributed by atoms with E-state index >= 15 is 0 Å². The number of anilines is 1. The Morgan fingerprint density at radius 1 is 1.30 bits per heavy atom. The van der Waals surface area contributed by atoms with Crippen molar-refractivity contribution >= 4 is 35.0 Å². The fourth-order valence-corrected chi connectivity index (χ4v) is 4.11. The van der Waals surface area contributed by atoms with Crippen LogP contribution in [-0.2, 0) is 9.53 Å². The number of ether oxygens (including phenoxy) is 1. The molecule has 1 atom stereocenters. The number of carbonyl (C=O) groups is 3. The summed E-state index contributed by atoms with van der Waals surface area (Å²) >= 11 is 5.99. The largest absolute Gasteiger partial charge is 0.380 e. The van der Waals surface area contributed by atoms with Crippen LogP contribution in [0.3, 0.4) is 0 Å². The zero-order chi connectivity index (χ0) is 24.1. The number of rotatable bonds is 8. The van der Waals surface area contributed by atoms with Crippen LogP contribution in [0.25, 0.3) is 0 Å². The standard InChI is InChI=1S/C22H27ClFN5O4/c1-12(33-2)10-26-22(32)18-19(20(25)30)29(11-27-18)15-6-3-13(4-7-15)21(31)28-17-8-5-14(24)9-16(17)23/h5,8-9,11-13,15H,3-4,6-7,10H2,1-2H3,(H2,25,30)(H,26,32)(H,28,31). The van der Waals surface area contributed by atoms with Gasteiger partial charge in [-0.25, -0.2) is 9.37 Å². The lowest BCUT2D eigenvalue weighted by Gasteiger charge is -2.29. The van der Waals surface area contributed by atoms with Gasteiger partial charge in [0.1, 0.15) is 11.5 Å². The summed E-state index contributed by atoms with van der Waals surface area (Å²) in [5, 5.41) is 5.56. The number of imidazole rings is 1. The monoisotopic (exact) mass is 479 g/mol. The molecule has 9 nitrogen and oxygen atoms in total. The molecule has 1 aliphatic rings. The van der Waals surface area contributed by atoms with Crippen molar-refractivity contribution in [3.8, 4) is 0 Å². The Morgan fingerprint density at radius 2 is 2.00 bits per heavy atom. The SMILES string of the molecule is COC(C)CNC(=O)c1ncn(C2CCC(C(=O)Nc3ccc(F)cc3Cl)CC2)c1C(N)=O. The molecule has 0 radical (unpaired) electrons. The molecule has 1 aromatic carbocycles. The molecule has 3 rings (SSSR count). The van der Waals surface area contributed by atoms with Crippen LogP contribution in [0.2, 0.25) is 5.02 Å². The Morgan fingerprint density at radius 3 is 2.61 bits per heavy atom. The van der Waals surface area contributed by atoms with Crippen LogP contribution in [0.5, 0.6) is 0 Å². The highest BCUT2D eigenvalue weighted by molar-refractivity contribution is 6.33. The van der Waals surface area contributed by atoms with Crippen LogP contribution >= 0.6 is 11.6 Å². The number of hydrogen-bond acceptors (Lipinski definition) is 5. The highest BCUT2D eigenvalue weighted by atomic mass is 35.5. The Labute approximate surface area is 195 Å². The van der Waals surface area contributed by atoms with E-state index < -0.39 is 17.6 Å². The predicted octanol–water partition coefficient (Wildman–Crippen LogP) is 2.91. The minimum atomic E-state index is -0.747. The van der Waals surface area contributed by atoms with Crippen LogP contribution in [0.4, 0.5) is 10.1 Å². The molecule has 0 bridgehead atoms. The number of primary amides is 1. The van der Waals surface area contributed by atoms with Gasteiger partial charge in [-0.15, -0.1) is 0 Å². The first-order valence-electron chi connectivity index (χ1n) is 10.6.